The third-order valence-corrected chi connectivity index (χ3v) is 5.51. The van der Waals surface area contributed by atoms with E-state index in [2.05, 4.69) is 10.0 Å². The lowest BCUT2D eigenvalue weighted by atomic mass is 9.99. The molecular formula is C22H22N2O4S. The first-order valence-electron chi connectivity index (χ1n) is 9.00. The number of carbonyl (C=O) groups excluding carboxylic acids is 1. The summed E-state index contributed by atoms with van der Waals surface area (Å²) in [4.78, 5) is 12.5. The normalized spacial score (nSPS) is 11.1. The van der Waals surface area contributed by atoms with Crippen molar-refractivity contribution in [3.05, 3.63) is 102 Å². The van der Waals surface area contributed by atoms with Crippen LogP contribution in [0.1, 0.15) is 22.7 Å². The molecule has 0 aliphatic heterocycles. The summed E-state index contributed by atoms with van der Waals surface area (Å²) in [6, 6.07) is 24.1. The molecule has 7 heteroatoms. The highest BCUT2D eigenvalue weighted by Gasteiger charge is 2.20. The van der Waals surface area contributed by atoms with Gasteiger partial charge in [0.05, 0.1) is 18.9 Å². The van der Waals surface area contributed by atoms with Gasteiger partial charge in [0.1, 0.15) is 5.75 Å². The van der Waals surface area contributed by atoms with Crippen LogP contribution in [0.2, 0.25) is 0 Å². The molecule has 6 nitrogen and oxygen atoms in total. The second-order valence-electron chi connectivity index (χ2n) is 6.44. The smallest absolute Gasteiger partial charge is 0.329 e. The molecule has 2 amide bonds. The molecule has 0 aliphatic rings. The van der Waals surface area contributed by atoms with Crippen molar-refractivity contribution >= 4 is 16.1 Å². The second kappa shape index (κ2) is 9.25. The fourth-order valence-electron chi connectivity index (χ4n) is 2.93. The lowest BCUT2D eigenvalue weighted by Crippen LogP contribution is -2.42. The summed E-state index contributed by atoms with van der Waals surface area (Å²) in [7, 11) is -2.33. The summed E-state index contributed by atoms with van der Waals surface area (Å²) in [6.07, 6.45) is 0. The number of nitrogens with one attached hydrogen (secondary N) is 2. The first kappa shape index (κ1) is 20.4. The molecule has 0 saturated heterocycles. The maximum absolute atomic E-state index is 12.5. The third-order valence-electron chi connectivity index (χ3n) is 4.31. The summed E-state index contributed by atoms with van der Waals surface area (Å²) in [5.74, 6) is 0.316. The van der Waals surface area contributed by atoms with Crippen LogP contribution in [-0.4, -0.2) is 21.6 Å². The summed E-state index contributed by atoms with van der Waals surface area (Å²) in [5.41, 5.74) is 2.25. The number of hydrogen-bond acceptors (Lipinski definition) is 4. The van der Waals surface area contributed by atoms with Gasteiger partial charge in [0.2, 0.25) is 10.0 Å². The van der Waals surface area contributed by atoms with Crippen LogP contribution in [0.25, 0.3) is 0 Å². The van der Waals surface area contributed by atoms with Crippen molar-refractivity contribution in [1.82, 2.24) is 10.0 Å². The van der Waals surface area contributed by atoms with E-state index in [1.54, 1.807) is 24.3 Å². The maximum atomic E-state index is 12.5. The van der Waals surface area contributed by atoms with E-state index in [0.29, 0.717) is 11.3 Å². The molecule has 0 spiro atoms. The Balaban J connectivity index is 1.72. The number of carbonyl (C=O) groups is 1. The van der Waals surface area contributed by atoms with Gasteiger partial charge in [-0.1, -0.05) is 72.8 Å². The molecule has 150 valence electrons. The fraction of sp³-hybridized carbons (Fsp3) is 0.136. The van der Waals surface area contributed by atoms with Crippen molar-refractivity contribution in [3.63, 3.8) is 0 Å². The molecule has 29 heavy (non-hydrogen) atoms. The fourth-order valence-corrected chi connectivity index (χ4v) is 3.97. The third kappa shape index (κ3) is 5.83. The Morgan fingerprint density at radius 3 is 1.86 bits per heavy atom. The number of urea groups is 1. The molecule has 0 aromatic heterocycles. The number of hydrogen-bond donors (Lipinski definition) is 2. The van der Waals surface area contributed by atoms with E-state index in [0.717, 1.165) is 11.1 Å². The zero-order chi connectivity index (χ0) is 20.7. The number of methoxy groups -OCH3 is 1. The predicted molar refractivity (Wildman–Crippen MR) is 112 cm³/mol. The van der Waals surface area contributed by atoms with Crippen LogP contribution in [0.15, 0.2) is 84.9 Å². The van der Waals surface area contributed by atoms with E-state index in [1.165, 1.54) is 7.11 Å². The van der Waals surface area contributed by atoms with Gasteiger partial charge in [0.15, 0.2) is 0 Å². The Hall–Kier alpha value is -3.32. The molecule has 0 unspecified atom stereocenters. The highest BCUT2D eigenvalue weighted by Crippen LogP contribution is 2.21. The summed E-state index contributed by atoms with van der Waals surface area (Å²) >= 11 is 0. The minimum Gasteiger partial charge on any atom is -0.497 e. The Kier molecular flexibility index (Phi) is 6.51. The van der Waals surface area contributed by atoms with Crippen molar-refractivity contribution in [2.45, 2.75) is 11.8 Å². The Bertz CT molecular complexity index is 998. The van der Waals surface area contributed by atoms with Gasteiger partial charge >= 0.3 is 6.03 Å². The average Bonchev–Trinajstić information content (AvgIpc) is 2.73. The number of sulfonamides is 1. The van der Waals surface area contributed by atoms with E-state index in [1.807, 2.05) is 60.7 Å². The lowest BCUT2D eigenvalue weighted by molar-refractivity contribution is 0.243. The van der Waals surface area contributed by atoms with Gasteiger partial charge in [0.25, 0.3) is 0 Å². The number of amides is 2. The zero-order valence-corrected chi connectivity index (χ0v) is 16.7. The monoisotopic (exact) mass is 410 g/mol. The molecule has 2 N–H and O–H groups in total. The molecule has 3 aromatic rings. The lowest BCUT2D eigenvalue weighted by Gasteiger charge is -2.20. The van der Waals surface area contributed by atoms with E-state index in [-0.39, 0.29) is 5.75 Å². The van der Waals surface area contributed by atoms with Crippen molar-refractivity contribution in [1.29, 1.82) is 0 Å². The maximum Gasteiger partial charge on any atom is 0.329 e. The Labute approximate surface area is 170 Å². The minimum absolute atomic E-state index is 0.314. The van der Waals surface area contributed by atoms with E-state index in [4.69, 9.17) is 4.74 Å². The zero-order valence-electron chi connectivity index (χ0n) is 15.9. The van der Waals surface area contributed by atoms with Gasteiger partial charge in [-0.2, -0.15) is 0 Å². The van der Waals surface area contributed by atoms with Gasteiger partial charge < -0.3 is 10.1 Å². The predicted octanol–water partition coefficient (Wildman–Crippen LogP) is 3.61. The topological polar surface area (TPSA) is 84.5 Å². The molecule has 0 bridgehead atoms. The van der Waals surface area contributed by atoms with Crippen LogP contribution in [0.5, 0.6) is 5.75 Å². The van der Waals surface area contributed by atoms with Crippen molar-refractivity contribution < 1.29 is 17.9 Å². The van der Waals surface area contributed by atoms with Crippen LogP contribution in [0.3, 0.4) is 0 Å². The van der Waals surface area contributed by atoms with Crippen LogP contribution in [0, 0.1) is 0 Å². The first-order valence-corrected chi connectivity index (χ1v) is 10.7. The van der Waals surface area contributed by atoms with Crippen molar-refractivity contribution in [2.75, 3.05) is 7.11 Å². The Morgan fingerprint density at radius 2 is 1.38 bits per heavy atom. The van der Waals surface area contributed by atoms with Gasteiger partial charge in [0, 0.05) is 0 Å². The van der Waals surface area contributed by atoms with Crippen LogP contribution >= 0.6 is 0 Å². The molecule has 3 aromatic carbocycles. The first-order chi connectivity index (χ1) is 14.0. The number of rotatable bonds is 7. The minimum atomic E-state index is -3.87. The van der Waals surface area contributed by atoms with Gasteiger partial charge in [-0.25, -0.2) is 17.9 Å². The molecule has 0 fully saturated rings. The van der Waals surface area contributed by atoms with E-state index < -0.39 is 22.1 Å². The summed E-state index contributed by atoms with van der Waals surface area (Å²) in [6.45, 7) is 0. The van der Waals surface area contributed by atoms with Crippen LogP contribution in [-0.2, 0) is 15.8 Å². The average molecular weight is 410 g/mol. The van der Waals surface area contributed by atoms with Crippen LogP contribution in [0.4, 0.5) is 4.79 Å². The molecular weight excluding hydrogens is 388 g/mol. The van der Waals surface area contributed by atoms with Gasteiger partial charge in [-0.3, -0.25) is 0 Å². The summed E-state index contributed by atoms with van der Waals surface area (Å²) < 4.78 is 32.0. The molecule has 0 radical (unpaired) electrons. The molecule has 3 rings (SSSR count). The second-order valence-corrected chi connectivity index (χ2v) is 8.16. The van der Waals surface area contributed by atoms with Crippen LogP contribution < -0.4 is 14.8 Å². The number of benzene rings is 3. The van der Waals surface area contributed by atoms with E-state index >= 15 is 0 Å². The SMILES string of the molecule is COc1ccc(CS(=O)(=O)NC(=O)NC(c2ccccc2)c2ccccc2)cc1. The molecule has 0 saturated carbocycles. The standard InChI is InChI=1S/C22H22N2O4S/c1-28-20-14-12-17(13-15-20)16-29(26,27)24-22(25)23-21(18-8-4-2-5-9-18)19-10-6-3-7-11-19/h2-15,21H,16H2,1H3,(H2,23,24,25). The largest absolute Gasteiger partial charge is 0.497 e. The highest BCUT2D eigenvalue weighted by molar-refractivity contribution is 7.89. The highest BCUT2D eigenvalue weighted by atomic mass is 32.2. The van der Waals surface area contributed by atoms with Crippen molar-refractivity contribution in [2.24, 2.45) is 0 Å². The molecule has 0 heterocycles. The molecule has 0 aliphatic carbocycles. The van der Waals surface area contributed by atoms with E-state index in [9.17, 15) is 13.2 Å². The Morgan fingerprint density at radius 1 is 0.862 bits per heavy atom. The molecule has 0 atom stereocenters. The van der Waals surface area contributed by atoms with Gasteiger partial charge in [-0.05, 0) is 28.8 Å². The van der Waals surface area contributed by atoms with Gasteiger partial charge in [-0.15, -0.1) is 0 Å². The summed E-state index contributed by atoms with van der Waals surface area (Å²) in [5, 5.41) is 2.76. The van der Waals surface area contributed by atoms with Crippen molar-refractivity contribution in [3.8, 4) is 5.75 Å². The quantitative estimate of drug-likeness (QED) is 0.623. The number of ether oxygens (including phenoxy) is 1.